The van der Waals surface area contributed by atoms with Gasteiger partial charge in [0, 0.05) is 6.04 Å². The highest BCUT2D eigenvalue weighted by molar-refractivity contribution is 5.67. The van der Waals surface area contributed by atoms with Crippen molar-refractivity contribution < 1.29 is 0 Å². The number of piperidine rings is 1. The molecular formula is C13H21N3. The molecule has 0 bridgehead atoms. The summed E-state index contributed by atoms with van der Waals surface area (Å²) >= 11 is 0. The molecule has 1 heterocycles. The minimum absolute atomic E-state index is 0.570. The summed E-state index contributed by atoms with van der Waals surface area (Å²) in [6.07, 6.45) is 2.40. The van der Waals surface area contributed by atoms with Gasteiger partial charge in [-0.05, 0) is 57.6 Å². The van der Waals surface area contributed by atoms with Gasteiger partial charge in [0.05, 0.1) is 11.4 Å². The van der Waals surface area contributed by atoms with E-state index in [0.29, 0.717) is 6.04 Å². The molecule has 3 nitrogen and oxygen atoms in total. The minimum Gasteiger partial charge on any atom is -0.397 e. The second-order valence-electron chi connectivity index (χ2n) is 4.81. The first-order valence-corrected chi connectivity index (χ1v) is 5.96. The molecule has 1 aliphatic heterocycles. The third-order valence-electron chi connectivity index (χ3n) is 3.29. The molecule has 1 aromatic rings. The topological polar surface area (TPSA) is 41.3 Å². The zero-order valence-electron chi connectivity index (χ0n) is 10.2. The molecule has 88 valence electrons. The zero-order valence-corrected chi connectivity index (χ0v) is 10.2. The monoisotopic (exact) mass is 219 g/mol. The van der Waals surface area contributed by atoms with Crippen molar-refractivity contribution in [3.05, 3.63) is 23.8 Å². The fourth-order valence-corrected chi connectivity index (χ4v) is 2.17. The number of hydrogen-bond donors (Lipinski definition) is 2. The molecule has 0 unspecified atom stereocenters. The largest absolute Gasteiger partial charge is 0.397 e. The SMILES string of the molecule is Cc1ccc(N)c(NC2CCN(C)CC2)c1. The average Bonchev–Trinajstić information content (AvgIpc) is 2.27. The number of nitrogens with zero attached hydrogens (tertiary/aromatic N) is 1. The van der Waals surface area contributed by atoms with E-state index in [0.717, 1.165) is 11.4 Å². The Balaban J connectivity index is 2.00. The number of nitrogen functional groups attached to an aromatic ring is 1. The molecule has 0 aromatic heterocycles. The highest BCUT2D eigenvalue weighted by atomic mass is 15.1. The Kier molecular flexibility index (Phi) is 3.34. The molecule has 3 heteroatoms. The number of nitrogens with two attached hydrogens (primary N) is 1. The molecule has 0 radical (unpaired) electrons. The fourth-order valence-electron chi connectivity index (χ4n) is 2.17. The number of benzene rings is 1. The van der Waals surface area contributed by atoms with Gasteiger partial charge in [-0.25, -0.2) is 0 Å². The van der Waals surface area contributed by atoms with Crippen molar-refractivity contribution in [3.8, 4) is 0 Å². The summed E-state index contributed by atoms with van der Waals surface area (Å²) in [7, 11) is 2.18. The molecule has 2 rings (SSSR count). The Bertz CT molecular complexity index is 354. The molecule has 0 atom stereocenters. The summed E-state index contributed by atoms with van der Waals surface area (Å²) in [5.41, 5.74) is 9.16. The number of nitrogens with one attached hydrogen (secondary N) is 1. The first-order chi connectivity index (χ1) is 7.65. The Morgan fingerprint density at radius 3 is 2.69 bits per heavy atom. The van der Waals surface area contributed by atoms with Crippen molar-refractivity contribution in [2.75, 3.05) is 31.2 Å². The van der Waals surface area contributed by atoms with Gasteiger partial charge in [-0.2, -0.15) is 0 Å². The predicted octanol–water partition coefficient (Wildman–Crippen LogP) is 2.08. The highest BCUT2D eigenvalue weighted by Gasteiger charge is 2.16. The van der Waals surface area contributed by atoms with Crippen molar-refractivity contribution in [3.63, 3.8) is 0 Å². The third kappa shape index (κ3) is 2.67. The van der Waals surface area contributed by atoms with Crippen LogP contribution in [0.2, 0.25) is 0 Å². The Hall–Kier alpha value is -1.22. The van der Waals surface area contributed by atoms with Crippen LogP contribution in [0.5, 0.6) is 0 Å². The van der Waals surface area contributed by atoms with E-state index in [1.807, 2.05) is 6.07 Å². The lowest BCUT2D eigenvalue weighted by atomic mass is 10.0. The maximum atomic E-state index is 5.96. The molecule has 16 heavy (non-hydrogen) atoms. The van der Waals surface area contributed by atoms with Gasteiger partial charge >= 0.3 is 0 Å². The van der Waals surface area contributed by atoms with Crippen molar-refractivity contribution >= 4 is 11.4 Å². The van der Waals surface area contributed by atoms with Gasteiger partial charge in [-0.15, -0.1) is 0 Å². The maximum absolute atomic E-state index is 5.96. The second-order valence-corrected chi connectivity index (χ2v) is 4.81. The normalized spacial score (nSPS) is 18.6. The molecule has 0 spiro atoms. The third-order valence-corrected chi connectivity index (χ3v) is 3.29. The number of hydrogen-bond acceptors (Lipinski definition) is 3. The lowest BCUT2D eigenvalue weighted by Gasteiger charge is -2.30. The molecule has 1 aliphatic rings. The van der Waals surface area contributed by atoms with Crippen LogP contribution in [0.4, 0.5) is 11.4 Å². The highest BCUT2D eigenvalue weighted by Crippen LogP contribution is 2.23. The molecule has 1 fully saturated rings. The Labute approximate surface area is 97.6 Å². The minimum atomic E-state index is 0.570. The number of rotatable bonds is 2. The van der Waals surface area contributed by atoms with E-state index in [4.69, 9.17) is 5.73 Å². The molecule has 1 saturated heterocycles. The van der Waals surface area contributed by atoms with Crippen LogP contribution in [0.1, 0.15) is 18.4 Å². The van der Waals surface area contributed by atoms with Gasteiger partial charge in [-0.1, -0.05) is 6.07 Å². The summed E-state index contributed by atoms with van der Waals surface area (Å²) in [6.45, 7) is 4.44. The van der Waals surface area contributed by atoms with Gasteiger partial charge in [0.15, 0.2) is 0 Å². The van der Waals surface area contributed by atoms with Crippen molar-refractivity contribution in [1.82, 2.24) is 4.90 Å². The lowest BCUT2D eigenvalue weighted by molar-refractivity contribution is 0.264. The number of likely N-dealkylation sites (tertiary alicyclic amines) is 1. The number of aryl methyl sites for hydroxylation is 1. The predicted molar refractivity (Wildman–Crippen MR) is 69.7 cm³/mol. The van der Waals surface area contributed by atoms with E-state index in [1.165, 1.54) is 31.5 Å². The molecule has 0 aliphatic carbocycles. The van der Waals surface area contributed by atoms with Crippen LogP contribution in [-0.2, 0) is 0 Å². The van der Waals surface area contributed by atoms with Crippen LogP contribution in [0.15, 0.2) is 18.2 Å². The van der Waals surface area contributed by atoms with Crippen molar-refractivity contribution in [2.24, 2.45) is 0 Å². The van der Waals surface area contributed by atoms with Gasteiger partial charge in [0.1, 0.15) is 0 Å². The molecule has 0 saturated carbocycles. The maximum Gasteiger partial charge on any atom is 0.0578 e. The summed E-state index contributed by atoms with van der Waals surface area (Å²) in [5, 5.41) is 3.56. The van der Waals surface area contributed by atoms with E-state index in [-0.39, 0.29) is 0 Å². The van der Waals surface area contributed by atoms with Crippen LogP contribution in [0, 0.1) is 6.92 Å². The van der Waals surface area contributed by atoms with Gasteiger partial charge in [0.25, 0.3) is 0 Å². The number of anilines is 2. The summed E-state index contributed by atoms with van der Waals surface area (Å²) in [4.78, 5) is 2.37. The van der Waals surface area contributed by atoms with Crippen LogP contribution in [0.3, 0.4) is 0 Å². The van der Waals surface area contributed by atoms with Gasteiger partial charge in [0.2, 0.25) is 0 Å². The molecule has 0 amide bonds. The first-order valence-electron chi connectivity index (χ1n) is 5.96. The van der Waals surface area contributed by atoms with E-state index in [9.17, 15) is 0 Å². The fraction of sp³-hybridized carbons (Fsp3) is 0.538. The van der Waals surface area contributed by atoms with E-state index < -0.39 is 0 Å². The van der Waals surface area contributed by atoms with E-state index >= 15 is 0 Å². The van der Waals surface area contributed by atoms with Crippen LogP contribution >= 0.6 is 0 Å². The van der Waals surface area contributed by atoms with Crippen LogP contribution in [0.25, 0.3) is 0 Å². The Morgan fingerprint density at radius 2 is 2.00 bits per heavy atom. The van der Waals surface area contributed by atoms with Gasteiger partial charge < -0.3 is 16.0 Å². The van der Waals surface area contributed by atoms with Gasteiger partial charge in [-0.3, -0.25) is 0 Å². The lowest BCUT2D eigenvalue weighted by Crippen LogP contribution is -2.36. The summed E-state index contributed by atoms with van der Waals surface area (Å²) < 4.78 is 0. The molecule has 3 N–H and O–H groups in total. The second kappa shape index (κ2) is 4.74. The standard InChI is InChI=1S/C13H21N3/c1-10-3-4-12(14)13(9-10)15-11-5-7-16(2)8-6-11/h3-4,9,11,15H,5-8,14H2,1-2H3. The van der Waals surface area contributed by atoms with Crippen molar-refractivity contribution in [1.29, 1.82) is 0 Å². The smallest absolute Gasteiger partial charge is 0.0578 e. The van der Waals surface area contributed by atoms with Crippen molar-refractivity contribution in [2.45, 2.75) is 25.8 Å². The molecule has 1 aromatic carbocycles. The van der Waals surface area contributed by atoms with Crippen LogP contribution in [-0.4, -0.2) is 31.1 Å². The summed E-state index contributed by atoms with van der Waals surface area (Å²) in [6, 6.07) is 6.73. The van der Waals surface area contributed by atoms with E-state index in [2.05, 4.69) is 36.3 Å². The molecular weight excluding hydrogens is 198 g/mol. The first kappa shape index (κ1) is 11.3. The Morgan fingerprint density at radius 1 is 1.31 bits per heavy atom. The van der Waals surface area contributed by atoms with Crippen LogP contribution < -0.4 is 11.1 Å². The average molecular weight is 219 g/mol. The quantitative estimate of drug-likeness (QED) is 0.748. The summed E-state index contributed by atoms with van der Waals surface area (Å²) in [5.74, 6) is 0. The van der Waals surface area contributed by atoms with E-state index in [1.54, 1.807) is 0 Å². The zero-order chi connectivity index (χ0) is 11.5.